The summed E-state index contributed by atoms with van der Waals surface area (Å²) in [5.74, 6) is -0.419. The van der Waals surface area contributed by atoms with Gasteiger partial charge in [0, 0.05) is 37.8 Å². The largest absolute Gasteiger partial charge is 0.314 e. The highest BCUT2D eigenvalue weighted by Crippen LogP contribution is 2.25. The van der Waals surface area contributed by atoms with Crippen LogP contribution in [0.2, 0.25) is 0 Å². The fraction of sp³-hybridized carbons (Fsp3) is 0.294. The lowest BCUT2D eigenvalue weighted by atomic mass is 10.0. The summed E-state index contributed by atoms with van der Waals surface area (Å²) in [7, 11) is 0. The third kappa shape index (κ3) is 3.83. The van der Waals surface area contributed by atoms with E-state index in [1.807, 2.05) is 12.1 Å². The molecule has 2 nitrogen and oxygen atoms in total. The molecule has 5 heteroatoms. The Hall–Kier alpha value is -1.49. The molecule has 0 aromatic heterocycles. The molecule has 2 aromatic carbocycles. The first kappa shape index (κ1) is 16.9. The fourth-order valence-corrected chi connectivity index (χ4v) is 2.82. The van der Waals surface area contributed by atoms with Crippen LogP contribution in [0.4, 0.5) is 8.78 Å². The zero-order valence-corrected chi connectivity index (χ0v) is 13.0. The highest BCUT2D eigenvalue weighted by Gasteiger charge is 2.24. The molecule has 3 rings (SSSR count). The lowest BCUT2D eigenvalue weighted by molar-refractivity contribution is 0.151. The third-order valence-corrected chi connectivity index (χ3v) is 3.92. The van der Waals surface area contributed by atoms with E-state index in [1.165, 1.54) is 12.1 Å². The Kier molecular flexibility index (Phi) is 5.89. The second-order valence-electron chi connectivity index (χ2n) is 5.34. The van der Waals surface area contributed by atoms with E-state index in [2.05, 4.69) is 10.2 Å². The van der Waals surface area contributed by atoms with Gasteiger partial charge < -0.3 is 5.32 Å². The van der Waals surface area contributed by atoms with Crippen LogP contribution < -0.4 is 5.32 Å². The van der Waals surface area contributed by atoms with Crippen LogP contribution in [-0.4, -0.2) is 24.5 Å². The topological polar surface area (TPSA) is 15.3 Å². The van der Waals surface area contributed by atoms with Gasteiger partial charge in [0.1, 0.15) is 11.6 Å². The van der Waals surface area contributed by atoms with E-state index in [0.717, 1.165) is 25.2 Å². The molecule has 1 saturated heterocycles. The predicted molar refractivity (Wildman–Crippen MR) is 86.1 cm³/mol. The molecule has 118 valence electrons. The lowest BCUT2D eigenvalue weighted by Gasteiger charge is -2.36. The van der Waals surface area contributed by atoms with Crippen LogP contribution in [0, 0.1) is 11.6 Å². The number of halogens is 3. The minimum absolute atomic E-state index is 0. The quantitative estimate of drug-likeness (QED) is 0.929. The van der Waals surface area contributed by atoms with Crippen molar-refractivity contribution >= 4 is 12.4 Å². The highest BCUT2D eigenvalue weighted by atomic mass is 35.5. The van der Waals surface area contributed by atoms with E-state index in [1.54, 1.807) is 24.3 Å². The number of nitrogens with zero attached hydrogens (tertiary/aromatic N) is 1. The third-order valence-electron chi connectivity index (χ3n) is 3.92. The maximum atomic E-state index is 13.8. The van der Waals surface area contributed by atoms with Crippen LogP contribution in [0.25, 0.3) is 0 Å². The van der Waals surface area contributed by atoms with Crippen LogP contribution in [0.1, 0.15) is 17.2 Å². The van der Waals surface area contributed by atoms with Crippen LogP contribution in [-0.2, 0) is 6.54 Å². The van der Waals surface area contributed by atoms with E-state index in [9.17, 15) is 8.78 Å². The second-order valence-corrected chi connectivity index (χ2v) is 5.34. The minimum atomic E-state index is -0.232. The van der Waals surface area contributed by atoms with Gasteiger partial charge in [0.15, 0.2) is 0 Å². The average Bonchev–Trinajstić information content (AvgIpc) is 2.50. The van der Waals surface area contributed by atoms with Crippen molar-refractivity contribution in [3.05, 3.63) is 71.3 Å². The van der Waals surface area contributed by atoms with Gasteiger partial charge in [-0.3, -0.25) is 4.90 Å². The molecule has 1 N–H and O–H groups in total. The normalized spacial score (nSPS) is 18.7. The molecule has 0 saturated carbocycles. The standard InChI is InChI=1S/C17H18F2N2.ClH/c18-15-6-3-5-13(10-15)17-11-20-8-9-21(17)12-14-4-1-2-7-16(14)19;/h1-7,10,17,20H,8-9,11-12H2;1H. The highest BCUT2D eigenvalue weighted by molar-refractivity contribution is 5.85. The second kappa shape index (κ2) is 7.68. The van der Waals surface area contributed by atoms with Crippen LogP contribution in [0.3, 0.4) is 0 Å². The van der Waals surface area contributed by atoms with Crippen LogP contribution in [0.5, 0.6) is 0 Å². The summed E-state index contributed by atoms with van der Waals surface area (Å²) >= 11 is 0. The fourth-order valence-electron chi connectivity index (χ4n) is 2.82. The molecule has 0 aliphatic carbocycles. The molecule has 0 bridgehead atoms. The van der Waals surface area contributed by atoms with E-state index in [0.29, 0.717) is 12.1 Å². The van der Waals surface area contributed by atoms with Crippen molar-refractivity contribution < 1.29 is 8.78 Å². The summed E-state index contributed by atoms with van der Waals surface area (Å²) in [6.07, 6.45) is 0. The zero-order valence-electron chi connectivity index (χ0n) is 12.1. The molecule has 1 heterocycles. The summed E-state index contributed by atoms with van der Waals surface area (Å²) in [6, 6.07) is 13.5. The van der Waals surface area contributed by atoms with E-state index < -0.39 is 0 Å². The Morgan fingerprint density at radius 1 is 1.09 bits per heavy atom. The minimum Gasteiger partial charge on any atom is -0.314 e. The van der Waals surface area contributed by atoms with Crippen molar-refractivity contribution in [3.63, 3.8) is 0 Å². The Bertz CT molecular complexity index is 621. The van der Waals surface area contributed by atoms with Crippen molar-refractivity contribution in [2.45, 2.75) is 12.6 Å². The number of rotatable bonds is 3. The van der Waals surface area contributed by atoms with Gasteiger partial charge in [0.25, 0.3) is 0 Å². The van der Waals surface area contributed by atoms with Crippen LogP contribution >= 0.6 is 12.4 Å². The first-order valence-electron chi connectivity index (χ1n) is 7.17. The SMILES string of the molecule is Cl.Fc1cccc(C2CNCCN2Cc2ccccc2F)c1. The number of benzene rings is 2. The van der Waals surface area contributed by atoms with Gasteiger partial charge in [-0.25, -0.2) is 8.78 Å². The smallest absolute Gasteiger partial charge is 0.127 e. The molecule has 1 unspecified atom stereocenters. The van der Waals surface area contributed by atoms with Gasteiger partial charge in [-0.05, 0) is 23.8 Å². The Balaban J connectivity index is 0.00000176. The maximum Gasteiger partial charge on any atom is 0.127 e. The van der Waals surface area contributed by atoms with E-state index in [-0.39, 0.29) is 30.1 Å². The summed E-state index contributed by atoms with van der Waals surface area (Å²) in [5.41, 5.74) is 1.61. The summed E-state index contributed by atoms with van der Waals surface area (Å²) < 4.78 is 27.3. The van der Waals surface area contributed by atoms with Gasteiger partial charge in [-0.15, -0.1) is 12.4 Å². The lowest BCUT2D eigenvalue weighted by Crippen LogP contribution is -2.45. The molecule has 0 amide bonds. The molecule has 0 radical (unpaired) electrons. The number of nitrogens with one attached hydrogen (secondary N) is 1. The number of hydrogen-bond donors (Lipinski definition) is 1. The Morgan fingerprint density at radius 2 is 1.91 bits per heavy atom. The molecule has 2 aromatic rings. The van der Waals surface area contributed by atoms with E-state index >= 15 is 0 Å². The maximum absolute atomic E-state index is 13.8. The average molecular weight is 325 g/mol. The number of piperazine rings is 1. The van der Waals surface area contributed by atoms with Gasteiger partial charge in [-0.1, -0.05) is 30.3 Å². The molecule has 0 spiro atoms. The first-order valence-corrected chi connectivity index (χ1v) is 7.17. The van der Waals surface area contributed by atoms with Crippen molar-refractivity contribution in [2.75, 3.05) is 19.6 Å². The van der Waals surface area contributed by atoms with Crippen molar-refractivity contribution in [2.24, 2.45) is 0 Å². The van der Waals surface area contributed by atoms with Crippen molar-refractivity contribution in [3.8, 4) is 0 Å². The molecule has 1 atom stereocenters. The van der Waals surface area contributed by atoms with Gasteiger partial charge in [0.2, 0.25) is 0 Å². The predicted octanol–water partition coefficient (Wildman–Crippen LogP) is 3.53. The Labute approximate surface area is 135 Å². The van der Waals surface area contributed by atoms with Crippen molar-refractivity contribution in [1.29, 1.82) is 0 Å². The molecule has 1 aliphatic rings. The van der Waals surface area contributed by atoms with E-state index in [4.69, 9.17) is 0 Å². The summed E-state index contributed by atoms with van der Waals surface area (Å²) in [6.45, 7) is 2.96. The van der Waals surface area contributed by atoms with Crippen molar-refractivity contribution in [1.82, 2.24) is 10.2 Å². The van der Waals surface area contributed by atoms with Gasteiger partial charge in [0.05, 0.1) is 0 Å². The van der Waals surface area contributed by atoms with Gasteiger partial charge >= 0.3 is 0 Å². The zero-order chi connectivity index (χ0) is 14.7. The molecule has 1 aliphatic heterocycles. The number of hydrogen-bond acceptors (Lipinski definition) is 2. The first-order chi connectivity index (χ1) is 10.2. The molecular formula is C17H19ClF2N2. The summed E-state index contributed by atoms with van der Waals surface area (Å²) in [5, 5.41) is 3.33. The summed E-state index contributed by atoms with van der Waals surface area (Å²) in [4.78, 5) is 2.20. The Morgan fingerprint density at radius 3 is 2.68 bits per heavy atom. The van der Waals surface area contributed by atoms with Crippen LogP contribution in [0.15, 0.2) is 48.5 Å². The monoisotopic (exact) mass is 324 g/mol. The molecular weight excluding hydrogens is 306 g/mol. The molecule has 1 fully saturated rings. The van der Waals surface area contributed by atoms with Gasteiger partial charge in [-0.2, -0.15) is 0 Å². The molecule has 22 heavy (non-hydrogen) atoms.